The van der Waals surface area contributed by atoms with Crippen molar-refractivity contribution in [3.05, 3.63) is 62.0 Å². The molecule has 1 aromatic carbocycles. The third-order valence-electron chi connectivity index (χ3n) is 3.23. The lowest BCUT2D eigenvalue weighted by molar-refractivity contribution is 0.0600. The molecule has 0 amide bonds. The number of nitrogens with two attached hydrogens (primary N) is 1. The Morgan fingerprint density at radius 3 is 2.52 bits per heavy atom. The standard InChI is InChI=1S/C15H15BrN2O3/c1-9-12(17)8-18(14(19)13(9)16)7-10-3-5-11(6-4-10)15(20)21-2/h3-6,8H,7,17H2,1-2H3. The van der Waals surface area contributed by atoms with Crippen LogP contribution in [-0.2, 0) is 11.3 Å². The summed E-state index contributed by atoms with van der Waals surface area (Å²) in [5, 5.41) is 0. The van der Waals surface area contributed by atoms with Crippen molar-refractivity contribution < 1.29 is 9.53 Å². The van der Waals surface area contributed by atoms with E-state index in [0.29, 0.717) is 22.3 Å². The van der Waals surface area contributed by atoms with Gasteiger partial charge in [-0.25, -0.2) is 4.79 Å². The molecule has 0 radical (unpaired) electrons. The number of nitrogen functional groups attached to an aromatic ring is 1. The molecule has 1 heterocycles. The Balaban J connectivity index is 2.31. The molecule has 0 spiro atoms. The number of methoxy groups -OCH3 is 1. The number of esters is 1. The summed E-state index contributed by atoms with van der Waals surface area (Å²) < 4.78 is 6.63. The van der Waals surface area contributed by atoms with Crippen LogP contribution in [0.15, 0.2) is 39.7 Å². The fourth-order valence-electron chi connectivity index (χ4n) is 1.91. The molecule has 0 atom stereocenters. The molecule has 1 aromatic heterocycles. The lowest BCUT2D eigenvalue weighted by atomic mass is 10.1. The summed E-state index contributed by atoms with van der Waals surface area (Å²) in [4.78, 5) is 23.5. The second-order valence-electron chi connectivity index (χ2n) is 4.64. The number of hydrogen-bond donors (Lipinski definition) is 1. The Bertz CT molecular complexity index is 736. The van der Waals surface area contributed by atoms with Crippen LogP contribution in [0.1, 0.15) is 21.5 Å². The Morgan fingerprint density at radius 1 is 1.33 bits per heavy atom. The summed E-state index contributed by atoms with van der Waals surface area (Å²) in [6.07, 6.45) is 1.62. The fraction of sp³-hybridized carbons (Fsp3) is 0.200. The first-order valence-corrected chi connectivity index (χ1v) is 7.05. The SMILES string of the molecule is COC(=O)c1ccc(Cn2cc(N)c(C)c(Br)c2=O)cc1. The van der Waals surface area contributed by atoms with E-state index < -0.39 is 0 Å². The average Bonchev–Trinajstić information content (AvgIpc) is 2.50. The predicted octanol–water partition coefficient (Wildman–Crippen LogP) is 2.34. The van der Waals surface area contributed by atoms with Gasteiger partial charge in [0, 0.05) is 6.20 Å². The lowest BCUT2D eigenvalue weighted by Crippen LogP contribution is -2.22. The average molecular weight is 351 g/mol. The largest absolute Gasteiger partial charge is 0.465 e. The monoisotopic (exact) mass is 350 g/mol. The molecule has 0 saturated carbocycles. The quantitative estimate of drug-likeness (QED) is 0.862. The van der Waals surface area contributed by atoms with E-state index in [1.807, 2.05) is 0 Å². The zero-order valence-electron chi connectivity index (χ0n) is 11.7. The molecule has 6 heteroatoms. The van der Waals surface area contributed by atoms with Crippen molar-refractivity contribution in [3.8, 4) is 0 Å². The molecule has 5 nitrogen and oxygen atoms in total. The van der Waals surface area contributed by atoms with E-state index in [-0.39, 0.29) is 11.5 Å². The van der Waals surface area contributed by atoms with Gasteiger partial charge in [-0.15, -0.1) is 0 Å². The number of rotatable bonds is 3. The maximum atomic E-state index is 12.2. The highest BCUT2D eigenvalue weighted by Crippen LogP contribution is 2.17. The van der Waals surface area contributed by atoms with Gasteiger partial charge in [0.05, 0.1) is 29.4 Å². The minimum absolute atomic E-state index is 0.140. The molecule has 2 N–H and O–H groups in total. The van der Waals surface area contributed by atoms with Crippen LogP contribution in [0.25, 0.3) is 0 Å². The van der Waals surface area contributed by atoms with Crippen LogP contribution in [0.5, 0.6) is 0 Å². The van der Waals surface area contributed by atoms with E-state index in [2.05, 4.69) is 20.7 Å². The van der Waals surface area contributed by atoms with Crippen LogP contribution in [0, 0.1) is 6.92 Å². The van der Waals surface area contributed by atoms with Crippen molar-refractivity contribution in [1.29, 1.82) is 0 Å². The first-order chi connectivity index (χ1) is 9.93. The first kappa shape index (κ1) is 15.3. The maximum absolute atomic E-state index is 12.2. The lowest BCUT2D eigenvalue weighted by Gasteiger charge is -2.11. The van der Waals surface area contributed by atoms with Gasteiger partial charge in [-0.05, 0) is 46.1 Å². The third kappa shape index (κ3) is 3.16. The second-order valence-corrected chi connectivity index (χ2v) is 5.44. The molecule has 0 aliphatic heterocycles. The molecular weight excluding hydrogens is 336 g/mol. The number of hydrogen-bond acceptors (Lipinski definition) is 4. The molecule has 21 heavy (non-hydrogen) atoms. The zero-order chi connectivity index (χ0) is 15.6. The van der Waals surface area contributed by atoms with Gasteiger partial charge in [-0.3, -0.25) is 4.79 Å². The zero-order valence-corrected chi connectivity index (χ0v) is 13.3. The van der Waals surface area contributed by atoms with Crippen LogP contribution < -0.4 is 11.3 Å². The van der Waals surface area contributed by atoms with Gasteiger partial charge in [0.1, 0.15) is 0 Å². The van der Waals surface area contributed by atoms with Crippen molar-refractivity contribution in [2.45, 2.75) is 13.5 Å². The number of carbonyl (C=O) groups is 1. The molecule has 0 bridgehead atoms. The highest BCUT2D eigenvalue weighted by molar-refractivity contribution is 9.10. The minimum Gasteiger partial charge on any atom is -0.465 e. The van der Waals surface area contributed by atoms with Crippen molar-refractivity contribution in [1.82, 2.24) is 4.57 Å². The molecule has 0 saturated heterocycles. The van der Waals surface area contributed by atoms with Crippen molar-refractivity contribution in [2.24, 2.45) is 0 Å². The number of pyridine rings is 1. The highest BCUT2D eigenvalue weighted by atomic mass is 79.9. The van der Waals surface area contributed by atoms with Crippen LogP contribution in [0.4, 0.5) is 5.69 Å². The van der Waals surface area contributed by atoms with Crippen molar-refractivity contribution in [2.75, 3.05) is 12.8 Å². The normalized spacial score (nSPS) is 10.4. The minimum atomic E-state index is -0.388. The number of carbonyl (C=O) groups excluding carboxylic acids is 1. The smallest absolute Gasteiger partial charge is 0.337 e. The number of aromatic nitrogens is 1. The number of anilines is 1. The molecule has 0 fully saturated rings. The van der Waals surface area contributed by atoms with E-state index in [1.165, 1.54) is 11.7 Å². The highest BCUT2D eigenvalue weighted by Gasteiger charge is 2.09. The fourth-order valence-corrected chi connectivity index (χ4v) is 2.37. The molecule has 2 rings (SSSR count). The van der Waals surface area contributed by atoms with Crippen molar-refractivity contribution >= 4 is 27.6 Å². The van der Waals surface area contributed by atoms with Gasteiger partial charge in [0.2, 0.25) is 0 Å². The summed E-state index contributed by atoms with van der Waals surface area (Å²) in [5.74, 6) is -0.388. The van der Waals surface area contributed by atoms with E-state index in [0.717, 1.165) is 11.1 Å². The van der Waals surface area contributed by atoms with E-state index in [1.54, 1.807) is 37.4 Å². The van der Waals surface area contributed by atoms with E-state index in [9.17, 15) is 9.59 Å². The van der Waals surface area contributed by atoms with Crippen LogP contribution in [-0.4, -0.2) is 17.6 Å². The van der Waals surface area contributed by atoms with Gasteiger partial charge < -0.3 is 15.0 Å². The number of halogens is 1. The van der Waals surface area contributed by atoms with Gasteiger partial charge in [-0.2, -0.15) is 0 Å². The molecule has 110 valence electrons. The molecule has 0 unspecified atom stereocenters. The third-order valence-corrected chi connectivity index (χ3v) is 4.17. The molecule has 0 aliphatic carbocycles. The molecule has 2 aromatic rings. The Hall–Kier alpha value is -2.08. The van der Waals surface area contributed by atoms with Gasteiger partial charge >= 0.3 is 5.97 Å². The Morgan fingerprint density at radius 2 is 1.95 bits per heavy atom. The summed E-state index contributed by atoms with van der Waals surface area (Å²) >= 11 is 3.26. The van der Waals surface area contributed by atoms with Gasteiger partial charge in [-0.1, -0.05) is 12.1 Å². The Kier molecular flexibility index (Phi) is 4.47. The first-order valence-electron chi connectivity index (χ1n) is 6.26. The van der Waals surface area contributed by atoms with Gasteiger partial charge in [0.25, 0.3) is 5.56 Å². The summed E-state index contributed by atoms with van der Waals surface area (Å²) in [5.41, 5.74) is 8.38. The second kappa shape index (κ2) is 6.13. The number of ether oxygens (including phenoxy) is 1. The van der Waals surface area contributed by atoms with Crippen LogP contribution in [0.3, 0.4) is 0 Å². The van der Waals surface area contributed by atoms with Gasteiger partial charge in [0.15, 0.2) is 0 Å². The maximum Gasteiger partial charge on any atom is 0.337 e. The summed E-state index contributed by atoms with van der Waals surface area (Å²) in [6.45, 7) is 2.17. The number of benzene rings is 1. The Labute approximate surface area is 130 Å². The number of nitrogens with zero attached hydrogens (tertiary/aromatic N) is 1. The molecule has 0 aliphatic rings. The summed E-state index contributed by atoms with van der Waals surface area (Å²) in [6, 6.07) is 6.89. The van der Waals surface area contributed by atoms with Crippen LogP contribution >= 0.6 is 15.9 Å². The topological polar surface area (TPSA) is 74.3 Å². The summed E-state index contributed by atoms with van der Waals surface area (Å²) in [7, 11) is 1.34. The van der Waals surface area contributed by atoms with Crippen LogP contribution in [0.2, 0.25) is 0 Å². The van der Waals surface area contributed by atoms with E-state index in [4.69, 9.17) is 5.73 Å². The predicted molar refractivity (Wildman–Crippen MR) is 84.4 cm³/mol. The molecular formula is C15H15BrN2O3. The van der Waals surface area contributed by atoms with E-state index >= 15 is 0 Å². The van der Waals surface area contributed by atoms with Crippen molar-refractivity contribution in [3.63, 3.8) is 0 Å².